The average Bonchev–Trinajstić information content (AvgIpc) is 2.75. The summed E-state index contributed by atoms with van der Waals surface area (Å²) in [6.07, 6.45) is 1.53. The summed E-state index contributed by atoms with van der Waals surface area (Å²) >= 11 is 0. The number of pyridine rings is 1. The number of nitrogens with two attached hydrogens (primary N) is 1. The monoisotopic (exact) mass is 434 g/mol. The molecular weight excluding hydrogens is 404 g/mol. The number of β-amino-alcohol motifs (C(OH)–C–C–N with tert-alkyl or cyclic N) is 1. The van der Waals surface area contributed by atoms with Gasteiger partial charge in [-0.25, -0.2) is 4.98 Å². The lowest BCUT2D eigenvalue weighted by atomic mass is 9.93. The molecule has 0 bridgehead atoms. The molecule has 0 unspecified atom stereocenters. The van der Waals surface area contributed by atoms with Gasteiger partial charge in [-0.15, -0.1) is 0 Å². The zero-order valence-electron chi connectivity index (χ0n) is 18.6. The highest BCUT2D eigenvalue weighted by atomic mass is 16.3. The Kier molecular flexibility index (Phi) is 7.12. The van der Waals surface area contributed by atoms with Crippen LogP contribution in [0.3, 0.4) is 0 Å². The number of carbonyl (C=O) groups is 1. The lowest BCUT2D eigenvalue weighted by Gasteiger charge is -2.28. The Hall–Kier alpha value is -3.42. The summed E-state index contributed by atoms with van der Waals surface area (Å²) < 4.78 is 0. The fraction of sp³-hybridized carbons (Fsp3) is 0.280. The third kappa shape index (κ3) is 6.06. The van der Waals surface area contributed by atoms with E-state index in [0.29, 0.717) is 41.2 Å². The second kappa shape index (κ2) is 9.80. The van der Waals surface area contributed by atoms with E-state index in [-0.39, 0.29) is 17.2 Å². The summed E-state index contributed by atoms with van der Waals surface area (Å²) in [4.78, 5) is 16.8. The first-order valence-electron chi connectivity index (χ1n) is 10.5. The van der Waals surface area contributed by atoms with Crippen LogP contribution in [0, 0.1) is 6.92 Å². The highest BCUT2D eigenvalue weighted by Crippen LogP contribution is 2.24. The van der Waals surface area contributed by atoms with E-state index in [0.717, 1.165) is 5.56 Å². The second-order valence-corrected chi connectivity index (χ2v) is 8.58. The van der Waals surface area contributed by atoms with Crippen LogP contribution in [0.2, 0.25) is 0 Å². The van der Waals surface area contributed by atoms with Crippen LogP contribution in [-0.4, -0.2) is 33.2 Å². The van der Waals surface area contributed by atoms with E-state index >= 15 is 0 Å². The maximum absolute atomic E-state index is 12.7. The molecule has 0 fully saturated rings. The first-order chi connectivity index (χ1) is 15.1. The van der Waals surface area contributed by atoms with Gasteiger partial charge < -0.3 is 26.6 Å². The molecule has 7 nitrogen and oxygen atoms in total. The van der Waals surface area contributed by atoms with Crippen LogP contribution in [-0.2, 0) is 6.42 Å². The third-order valence-electron chi connectivity index (χ3n) is 5.36. The molecular formula is C25H30N4O3. The van der Waals surface area contributed by atoms with Gasteiger partial charge in [-0.2, -0.15) is 0 Å². The van der Waals surface area contributed by atoms with E-state index in [1.165, 1.54) is 0 Å². The Morgan fingerprint density at radius 1 is 1.16 bits per heavy atom. The van der Waals surface area contributed by atoms with Gasteiger partial charge in [0.2, 0.25) is 0 Å². The number of carbonyl (C=O) groups excluding carboxylic acids is 1. The van der Waals surface area contributed by atoms with Crippen molar-refractivity contribution in [2.24, 2.45) is 0 Å². The van der Waals surface area contributed by atoms with Crippen LogP contribution >= 0.6 is 0 Å². The molecule has 168 valence electrons. The number of hydrogen-bond donors (Lipinski definition) is 5. The van der Waals surface area contributed by atoms with E-state index in [9.17, 15) is 15.0 Å². The summed E-state index contributed by atoms with van der Waals surface area (Å²) in [6, 6.07) is 15.9. The fourth-order valence-electron chi connectivity index (χ4n) is 3.45. The summed E-state index contributed by atoms with van der Waals surface area (Å²) in [5, 5.41) is 26.5. The number of rotatable bonds is 8. The van der Waals surface area contributed by atoms with Gasteiger partial charge in [-0.05, 0) is 63.1 Å². The number of aromatic nitrogens is 1. The molecule has 0 radical (unpaired) electrons. The molecule has 32 heavy (non-hydrogen) atoms. The SMILES string of the molecule is Cc1c(O)cccc1NC(=O)c1cccc(CC(C)(C)NC[C@@H](O)c2ccc(N)nc2)c1. The maximum atomic E-state index is 12.7. The topological polar surface area (TPSA) is 120 Å². The average molecular weight is 435 g/mol. The Bertz CT molecular complexity index is 1080. The van der Waals surface area contributed by atoms with Crippen molar-refractivity contribution in [1.82, 2.24) is 10.3 Å². The Balaban J connectivity index is 1.63. The molecule has 1 atom stereocenters. The van der Waals surface area contributed by atoms with E-state index in [4.69, 9.17) is 5.73 Å². The van der Waals surface area contributed by atoms with Gasteiger partial charge >= 0.3 is 0 Å². The summed E-state index contributed by atoms with van der Waals surface area (Å²) in [5.74, 6) is 0.316. The van der Waals surface area contributed by atoms with Gasteiger partial charge in [0.15, 0.2) is 0 Å². The van der Waals surface area contributed by atoms with Crippen LogP contribution in [0.1, 0.15) is 47.0 Å². The second-order valence-electron chi connectivity index (χ2n) is 8.58. The number of nitrogens with one attached hydrogen (secondary N) is 2. The molecule has 0 saturated heterocycles. The number of anilines is 2. The molecule has 0 aliphatic rings. The van der Waals surface area contributed by atoms with Crippen LogP contribution in [0.4, 0.5) is 11.5 Å². The van der Waals surface area contributed by atoms with E-state index in [1.54, 1.807) is 49.5 Å². The first kappa shape index (κ1) is 23.2. The first-order valence-corrected chi connectivity index (χ1v) is 10.5. The summed E-state index contributed by atoms with van der Waals surface area (Å²) in [6.45, 7) is 6.20. The van der Waals surface area contributed by atoms with Crippen molar-refractivity contribution in [3.63, 3.8) is 0 Å². The van der Waals surface area contributed by atoms with Crippen molar-refractivity contribution in [2.45, 2.75) is 38.8 Å². The zero-order valence-corrected chi connectivity index (χ0v) is 18.6. The van der Waals surface area contributed by atoms with Gasteiger partial charge in [-0.3, -0.25) is 4.79 Å². The van der Waals surface area contributed by atoms with E-state index in [2.05, 4.69) is 15.6 Å². The van der Waals surface area contributed by atoms with E-state index < -0.39 is 6.10 Å². The quantitative estimate of drug-likeness (QED) is 0.370. The number of phenolic OH excluding ortho intramolecular Hbond substituents is 1. The molecule has 7 heteroatoms. The van der Waals surface area contributed by atoms with Gasteiger partial charge in [0.25, 0.3) is 5.91 Å². The zero-order chi connectivity index (χ0) is 23.3. The molecule has 1 amide bonds. The highest BCUT2D eigenvalue weighted by molar-refractivity contribution is 6.04. The minimum atomic E-state index is -0.704. The minimum Gasteiger partial charge on any atom is -0.508 e. The largest absolute Gasteiger partial charge is 0.508 e. The molecule has 2 aromatic carbocycles. The third-order valence-corrected chi connectivity index (χ3v) is 5.36. The number of aliphatic hydroxyl groups excluding tert-OH is 1. The number of nitrogens with zero attached hydrogens (tertiary/aromatic N) is 1. The lowest BCUT2D eigenvalue weighted by Crippen LogP contribution is -2.43. The Labute approximate surface area is 188 Å². The van der Waals surface area contributed by atoms with Crippen molar-refractivity contribution in [2.75, 3.05) is 17.6 Å². The van der Waals surface area contributed by atoms with Crippen molar-refractivity contribution >= 4 is 17.4 Å². The predicted molar refractivity (Wildman–Crippen MR) is 127 cm³/mol. The number of aromatic hydroxyl groups is 1. The number of benzene rings is 2. The molecule has 1 aromatic heterocycles. The number of nitrogen functional groups attached to an aromatic ring is 1. The smallest absolute Gasteiger partial charge is 0.255 e. The van der Waals surface area contributed by atoms with Crippen molar-refractivity contribution in [3.05, 3.63) is 83.0 Å². The molecule has 0 spiro atoms. The molecule has 0 aliphatic heterocycles. The van der Waals surface area contributed by atoms with Gasteiger partial charge in [-0.1, -0.05) is 24.3 Å². The van der Waals surface area contributed by atoms with E-state index in [1.807, 2.05) is 32.0 Å². The molecule has 3 rings (SSSR count). The highest BCUT2D eigenvalue weighted by Gasteiger charge is 2.21. The van der Waals surface area contributed by atoms with Crippen molar-refractivity contribution in [1.29, 1.82) is 0 Å². The molecule has 0 saturated carbocycles. The molecule has 0 aliphatic carbocycles. The number of hydrogen-bond acceptors (Lipinski definition) is 6. The van der Waals surface area contributed by atoms with Crippen LogP contribution in [0.5, 0.6) is 5.75 Å². The molecule has 6 N–H and O–H groups in total. The maximum Gasteiger partial charge on any atom is 0.255 e. The van der Waals surface area contributed by atoms with Gasteiger partial charge in [0, 0.05) is 40.7 Å². The Morgan fingerprint density at radius 2 is 1.91 bits per heavy atom. The lowest BCUT2D eigenvalue weighted by molar-refractivity contribution is 0.102. The molecule has 3 aromatic rings. The minimum absolute atomic E-state index is 0.140. The van der Waals surface area contributed by atoms with Crippen LogP contribution in [0.25, 0.3) is 0 Å². The Morgan fingerprint density at radius 3 is 2.62 bits per heavy atom. The van der Waals surface area contributed by atoms with Crippen LogP contribution < -0.4 is 16.4 Å². The standard InChI is InChI=1S/C25H30N4O3/c1-16-20(8-5-9-21(16)30)29-24(32)18-7-4-6-17(12-18)13-25(2,3)28-15-22(31)19-10-11-23(26)27-14-19/h4-12,14,22,28,30-31H,13,15H2,1-3H3,(H2,26,27)(H,29,32)/t22-/m1/s1. The predicted octanol–water partition coefficient (Wildman–Crippen LogP) is 3.57. The normalized spacial score (nSPS) is 12.4. The van der Waals surface area contributed by atoms with Crippen molar-refractivity contribution in [3.8, 4) is 5.75 Å². The fourth-order valence-corrected chi connectivity index (χ4v) is 3.45. The number of phenols is 1. The van der Waals surface area contributed by atoms with Crippen molar-refractivity contribution < 1.29 is 15.0 Å². The number of amides is 1. The molecule has 1 heterocycles. The number of aliphatic hydroxyl groups is 1. The summed E-state index contributed by atoms with van der Waals surface area (Å²) in [5.41, 5.74) is 8.70. The van der Waals surface area contributed by atoms with Gasteiger partial charge in [0.05, 0.1) is 6.10 Å². The summed E-state index contributed by atoms with van der Waals surface area (Å²) in [7, 11) is 0. The van der Waals surface area contributed by atoms with Crippen LogP contribution in [0.15, 0.2) is 60.8 Å². The van der Waals surface area contributed by atoms with Gasteiger partial charge in [0.1, 0.15) is 11.6 Å².